The van der Waals surface area contributed by atoms with E-state index in [9.17, 15) is 0 Å². The molecule has 1 aromatic carbocycles. The lowest BCUT2D eigenvalue weighted by atomic mass is 10.2. The lowest BCUT2D eigenvalue weighted by Gasteiger charge is -2.05. The van der Waals surface area contributed by atoms with Crippen molar-refractivity contribution in [1.29, 1.82) is 0 Å². The smallest absolute Gasteiger partial charge is 0.228 e. The van der Waals surface area contributed by atoms with Gasteiger partial charge >= 0.3 is 0 Å². The molecular formula is C18H19N7O. The molecule has 0 unspecified atom stereocenters. The molecule has 1 N–H and O–H groups in total. The third-order valence-electron chi connectivity index (χ3n) is 4.00. The van der Waals surface area contributed by atoms with Gasteiger partial charge in [0, 0.05) is 18.9 Å². The summed E-state index contributed by atoms with van der Waals surface area (Å²) in [5, 5.41) is 12.6. The van der Waals surface area contributed by atoms with Crippen molar-refractivity contribution in [3.05, 3.63) is 54.6 Å². The molecule has 3 aromatic heterocycles. The first kappa shape index (κ1) is 16.2. The fraction of sp³-hybridized carbons (Fsp3) is 0.278. The molecule has 8 heteroatoms. The van der Waals surface area contributed by atoms with Crippen molar-refractivity contribution in [2.24, 2.45) is 0 Å². The van der Waals surface area contributed by atoms with E-state index in [1.54, 1.807) is 10.9 Å². The van der Waals surface area contributed by atoms with Crippen LogP contribution in [0.25, 0.3) is 16.7 Å². The van der Waals surface area contributed by atoms with Crippen LogP contribution in [0, 0.1) is 0 Å². The highest BCUT2D eigenvalue weighted by Gasteiger charge is 2.12. The molecule has 0 atom stereocenters. The number of benzene rings is 1. The zero-order chi connectivity index (χ0) is 17.9. The first-order chi connectivity index (χ1) is 12.7. The summed E-state index contributed by atoms with van der Waals surface area (Å²) in [7, 11) is 0. The van der Waals surface area contributed by atoms with Gasteiger partial charge in [-0.1, -0.05) is 37.2 Å². The van der Waals surface area contributed by atoms with Crippen molar-refractivity contribution in [3.8, 4) is 5.69 Å². The molecule has 0 saturated heterocycles. The van der Waals surface area contributed by atoms with E-state index in [0.717, 1.165) is 28.4 Å². The number of anilines is 1. The average Bonchev–Trinajstić information content (AvgIpc) is 3.30. The minimum Gasteiger partial charge on any atom is -0.369 e. The Morgan fingerprint density at radius 1 is 1.15 bits per heavy atom. The van der Waals surface area contributed by atoms with Gasteiger partial charge in [-0.05, 0) is 12.1 Å². The molecule has 4 aromatic rings. The van der Waals surface area contributed by atoms with Gasteiger partial charge in [-0.3, -0.25) is 0 Å². The number of fused-ring (bicyclic) bond motifs is 1. The maximum Gasteiger partial charge on any atom is 0.228 e. The highest BCUT2D eigenvalue weighted by Crippen LogP contribution is 2.21. The Bertz CT molecular complexity index is 1010. The van der Waals surface area contributed by atoms with E-state index < -0.39 is 0 Å². The Balaban J connectivity index is 1.51. The second-order valence-corrected chi connectivity index (χ2v) is 6.23. The molecule has 8 nitrogen and oxygen atoms in total. The van der Waals surface area contributed by atoms with Crippen LogP contribution in [0.4, 0.5) is 5.82 Å². The van der Waals surface area contributed by atoms with Crippen LogP contribution in [0.3, 0.4) is 0 Å². The fourth-order valence-electron chi connectivity index (χ4n) is 2.64. The Labute approximate surface area is 150 Å². The molecule has 0 aliphatic rings. The minimum atomic E-state index is 0.255. The summed E-state index contributed by atoms with van der Waals surface area (Å²) in [6.45, 7) is 4.70. The van der Waals surface area contributed by atoms with Crippen LogP contribution < -0.4 is 5.32 Å². The summed E-state index contributed by atoms with van der Waals surface area (Å²) < 4.78 is 7.06. The third kappa shape index (κ3) is 3.13. The van der Waals surface area contributed by atoms with Crippen molar-refractivity contribution in [3.63, 3.8) is 0 Å². The predicted molar refractivity (Wildman–Crippen MR) is 97.2 cm³/mol. The van der Waals surface area contributed by atoms with Crippen LogP contribution in [0.15, 0.2) is 47.4 Å². The number of hydrogen-bond acceptors (Lipinski definition) is 7. The van der Waals surface area contributed by atoms with Gasteiger partial charge in [0.05, 0.1) is 17.3 Å². The van der Waals surface area contributed by atoms with E-state index in [4.69, 9.17) is 4.52 Å². The maximum absolute atomic E-state index is 5.26. The lowest BCUT2D eigenvalue weighted by molar-refractivity contribution is 0.373. The van der Waals surface area contributed by atoms with Crippen LogP contribution in [0.5, 0.6) is 0 Å². The topological polar surface area (TPSA) is 94.5 Å². The molecule has 0 spiro atoms. The summed E-state index contributed by atoms with van der Waals surface area (Å²) in [6.07, 6.45) is 3.93. The molecule has 132 valence electrons. The van der Waals surface area contributed by atoms with E-state index in [0.29, 0.717) is 18.9 Å². The number of rotatable bonds is 6. The molecule has 0 radical (unpaired) electrons. The quantitative estimate of drug-likeness (QED) is 0.572. The van der Waals surface area contributed by atoms with E-state index >= 15 is 0 Å². The second-order valence-electron chi connectivity index (χ2n) is 6.23. The molecule has 0 aliphatic heterocycles. The Morgan fingerprint density at radius 2 is 2.00 bits per heavy atom. The van der Waals surface area contributed by atoms with Crippen LogP contribution in [-0.2, 0) is 6.42 Å². The van der Waals surface area contributed by atoms with E-state index in [1.807, 2.05) is 44.2 Å². The van der Waals surface area contributed by atoms with Gasteiger partial charge < -0.3 is 9.84 Å². The van der Waals surface area contributed by atoms with Gasteiger partial charge in [0.25, 0.3) is 0 Å². The van der Waals surface area contributed by atoms with Crippen molar-refractivity contribution < 1.29 is 4.52 Å². The van der Waals surface area contributed by atoms with Gasteiger partial charge in [-0.2, -0.15) is 10.1 Å². The van der Waals surface area contributed by atoms with Crippen molar-refractivity contribution in [2.45, 2.75) is 26.2 Å². The van der Waals surface area contributed by atoms with Crippen molar-refractivity contribution >= 4 is 16.9 Å². The average molecular weight is 349 g/mol. The van der Waals surface area contributed by atoms with Gasteiger partial charge in [0.2, 0.25) is 5.89 Å². The van der Waals surface area contributed by atoms with Crippen LogP contribution >= 0.6 is 0 Å². The third-order valence-corrected chi connectivity index (χ3v) is 4.00. The van der Waals surface area contributed by atoms with E-state index in [2.05, 4.69) is 30.5 Å². The molecule has 0 saturated carbocycles. The summed E-state index contributed by atoms with van der Waals surface area (Å²) >= 11 is 0. The number of nitrogens with zero attached hydrogens (tertiary/aromatic N) is 6. The highest BCUT2D eigenvalue weighted by atomic mass is 16.5. The zero-order valence-corrected chi connectivity index (χ0v) is 14.6. The predicted octanol–water partition coefficient (Wildman–Crippen LogP) is 2.98. The van der Waals surface area contributed by atoms with Gasteiger partial charge in [0.1, 0.15) is 12.1 Å². The molecule has 0 aliphatic carbocycles. The van der Waals surface area contributed by atoms with Gasteiger partial charge in [-0.25, -0.2) is 14.6 Å². The molecule has 0 amide bonds. The molecular weight excluding hydrogens is 330 g/mol. The fourth-order valence-corrected chi connectivity index (χ4v) is 2.64. The van der Waals surface area contributed by atoms with Crippen LogP contribution in [-0.4, -0.2) is 36.4 Å². The van der Waals surface area contributed by atoms with E-state index in [-0.39, 0.29) is 5.92 Å². The summed E-state index contributed by atoms with van der Waals surface area (Å²) in [4.78, 5) is 13.1. The largest absolute Gasteiger partial charge is 0.369 e. The summed E-state index contributed by atoms with van der Waals surface area (Å²) in [5.41, 5.74) is 1.72. The van der Waals surface area contributed by atoms with Gasteiger partial charge in [0.15, 0.2) is 11.5 Å². The molecule has 26 heavy (non-hydrogen) atoms. The number of nitrogens with one attached hydrogen (secondary N) is 1. The van der Waals surface area contributed by atoms with Gasteiger partial charge in [-0.15, -0.1) is 0 Å². The summed E-state index contributed by atoms with van der Waals surface area (Å²) in [5.74, 6) is 2.34. The highest BCUT2D eigenvalue weighted by molar-refractivity contribution is 5.87. The first-order valence-electron chi connectivity index (χ1n) is 8.53. The molecule has 0 fully saturated rings. The van der Waals surface area contributed by atoms with Crippen LogP contribution in [0.1, 0.15) is 31.5 Å². The SMILES string of the molecule is CC(C)c1noc(CCNc2ncnc3c2cnn3-c2ccccc2)n1. The maximum atomic E-state index is 5.26. The van der Waals surface area contributed by atoms with Crippen LogP contribution in [0.2, 0.25) is 0 Å². The molecule has 0 bridgehead atoms. The Hall–Kier alpha value is -3.29. The molecule has 3 heterocycles. The lowest BCUT2D eigenvalue weighted by Crippen LogP contribution is -2.07. The van der Waals surface area contributed by atoms with Crippen molar-refractivity contribution in [2.75, 3.05) is 11.9 Å². The van der Waals surface area contributed by atoms with E-state index in [1.165, 1.54) is 6.33 Å². The number of para-hydroxylation sites is 1. The Kier molecular flexibility index (Phi) is 4.30. The first-order valence-corrected chi connectivity index (χ1v) is 8.53. The molecule has 4 rings (SSSR count). The minimum absolute atomic E-state index is 0.255. The summed E-state index contributed by atoms with van der Waals surface area (Å²) in [6, 6.07) is 9.89. The number of aromatic nitrogens is 6. The normalized spacial score (nSPS) is 11.3. The standard InChI is InChI=1S/C18H19N7O/c1-12(2)16-23-15(26-24-16)8-9-19-17-14-10-22-25(18(14)21-11-20-17)13-6-4-3-5-7-13/h3-7,10-12H,8-9H2,1-2H3,(H,19,20,21). The van der Waals surface area contributed by atoms with Crippen molar-refractivity contribution in [1.82, 2.24) is 29.9 Å². The zero-order valence-electron chi connectivity index (χ0n) is 14.6. The monoisotopic (exact) mass is 349 g/mol. The second kappa shape index (κ2) is 6.91. The Morgan fingerprint density at radius 3 is 2.77 bits per heavy atom. The number of hydrogen-bond donors (Lipinski definition) is 1.